The molecule has 3 N–H and O–H groups in total. The first-order chi connectivity index (χ1) is 18.2. The zero-order valence-corrected chi connectivity index (χ0v) is 21.4. The van der Waals surface area contributed by atoms with Crippen molar-refractivity contribution in [3.8, 4) is 0 Å². The van der Waals surface area contributed by atoms with E-state index in [1.54, 1.807) is 12.1 Å². The minimum atomic E-state index is -1.51. The number of carbonyl (C=O) groups excluding carboxylic acids is 5. The van der Waals surface area contributed by atoms with E-state index in [2.05, 4.69) is 14.8 Å². The molecule has 0 saturated heterocycles. The SMILES string of the molecule is COC(=O)C(C(=O)OC)[C@H](C)[C@@H](NC(=O)[C@@H]1Cc2ccccc2CN1C(=O)OCc1ccccc1)C(N)=O. The van der Waals surface area contributed by atoms with E-state index in [0.29, 0.717) is 0 Å². The van der Waals surface area contributed by atoms with Gasteiger partial charge in [0, 0.05) is 12.3 Å². The molecule has 2 aromatic carbocycles. The Morgan fingerprint density at radius 2 is 1.53 bits per heavy atom. The molecule has 0 aliphatic carbocycles. The molecule has 1 heterocycles. The van der Waals surface area contributed by atoms with Gasteiger partial charge >= 0.3 is 18.0 Å². The lowest BCUT2D eigenvalue weighted by Gasteiger charge is -2.36. The van der Waals surface area contributed by atoms with E-state index in [9.17, 15) is 24.0 Å². The van der Waals surface area contributed by atoms with E-state index in [4.69, 9.17) is 10.5 Å². The summed E-state index contributed by atoms with van der Waals surface area (Å²) in [5.74, 6) is -6.17. The molecule has 11 nitrogen and oxygen atoms in total. The molecular weight excluding hydrogens is 494 g/mol. The first-order valence-electron chi connectivity index (χ1n) is 12.0. The molecule has 0 fully saturated rings. The predicted octanol–water partition coefficient (Wildman–Crippen LogP) is 1.32. The van der Waals surface area contributed by atoms with Gasteiger partial charge in [0.2, 0.25) is 11.8 Å². The molecule has 11 heteroatoms. The van der Waals surface area contributed by atoms with Crippen molar-refractivity contribution in [1.29, 1.82) is 0 Å². The molecule has 1 aliphatic rings. The van der Waals surface area contributed by atoms with Gasteiger partial charge in [-0.1, -0.05) is 61.5 Å². The topological polar surface area (TPSA) is 154 Å². The van der Waals surface area contributed by atoms with E-state index in [0.717, 1.165) is 30.9 Å². The molecule has 202 valence electrons. The molecule has 3 atom stereocenters. The summed E-state index contributed by atoms with van der Waals surface area (Å²) in [5, 5.41) is 2.54. The summed E-state index contributed by atoms with van der Waals surface area (Å²) in [4.78, 5) is 64.8. The summed E-state index contributed by atoms with van der Waals surface area (Å²) < 4.78 is 14.9. The molecule has 3 amide bonds. The largest absolute Gasteiger partial charge is 0.468 e. The van der Waals surface area contributed by atoms with Crippen molar-refractivity contribution in [3.63, 3.8) is 0 Å². The molecule has 0 aromatic heterocycles. The average Bonchev–Trinajstić information content (AvgIpc) is 2.93. The molecule has 3 rings (SSSR count). The summed E-state index contributed by atoms with van der Waals surface area (Å²) in [6.45, 7) is 1.51. The van der Waals surface area contributed by atoms with Crippen molar-refractivity contribution in [2.75, 3.05) is 14.2 Å². The van der Waals surface area contributed by atoms with Crippen LogP contribution in [-0.2, 0) is 53.0 Å². The van der Waals surface area contributed by atoms with Crippen molar-refractivity contribution in [2.24, 2.45) is 17.6 Å². The molecule has 2 aromatic rings. The van der Waals surface area contributed by atoms with Crippen molar-refractivity contribution >= 4 is 29.8 Å². The normalized spacial score (nSPS) is 16.0. The summed E-state index contributed by atoms with van der Waals surface area (Å²) in [6.07, 6.45) is -0.561. The Labute approximate surface area is 220 Å². The van der Waals surface area contributed by atoms with Gasteiger partial charge in [-0.3, -0.25) is 24.1 Å². The fraction of sp³-hybridized carbons (Fsp3) is 0.370. The Morgan fingerprint density at radius 1 is 0.947 bits per heavy atom. The van der Waals surface area contributed by atoms with Crippen LogP contribution in [0.5, 0.6) is 0 Å². The smallest absolute Gasteiger partial charge is 0.411 e. The number of benzene rings is 2. The number of primary amides is 1. The second-order valence-corrected chi connectivity index (χ2v) is 8.93. The zero-order chi connectivity index (χ0) is 27.8. The highest BCUT2D eigenvalue weighted by Gasteiger charge is 2.43. The van der Waals surface area contributed by atoms with Gasteiger partial charge < -0.3 is 25.3 Å². The number of amides is 3. The van der Waals surface area contributed by atoms with Crippen LogP contribution in [0.25, 0.3) is 0 Å². The summed E-state index contributed by atoms with van der Waals surface area (Å²) in [6, 6.07) is 14.0. The Balaban J connectivity index is 1.85. The molecule has 0 bridgehead atoms. The van der Waals surface area contributed by atoms with Crippen molar-refractivity contribution < 1.29 is 38.2 Å². The van der Waals surface area contributed by atoms with Gasteiger partial charge in [-0.25, -0.2) is 4.79 Å². The molecule has 0 unspecified atom stereocenters. The second-order valence-electron chi connectivity index (χ2n) is 8.93. The van der Waals surface area contributed by atoms with Crippen LogP contribution < -0.4 is 11.1 Å². The lowest BCUT2D eigenvalue weighted by atomic mass is 9.86. The Hall–Kier alpha value is -4.41. The van der Waals surface area contributed by atoms with Gasteiger partial charge in [-0.15, -0.1) is 0 Å². The highest BCUT2D eigenvalue weighted by molar-refractivity contribution is 5.97. The Bertz CT molecular complexity index is 1170. The van der Waals surface area contributed by atoms with E-state index in [1.807, 2.05) is 42.5 Å². The monoisotopic (exact) mass is 525 g/mol. The van der Waals surface area contributed by atoms with Gasteiger partial charge in [-0.05, 0) is 16.7 Å². The summed E-state index contributed by atoms with van der Waals surface area (Å²) >= 11 is 0. The first kappa shape index (κ1) is 28.2. The van der Waals surface area contributed by atoms with Gasteiger partial charge in [0.05, 0.1) is 20.8 Å². The predicted molar refractivity (Wildman–Crippen MR) is 134 cm³/mol. The highest BCUT2D eigenvalue weighted by Crippen LogP contribution is 2.26. The quantitative estimate of drug-likeness (QED) is 0.282. The van der Waals surface area contributed by atoms with E-state index < -0.39 is 53.8 Å². The third-order valence-corrected chi connectivity index (χ3v) is 6.56. The van der Waals surface area contributed by atoms with Crippen LogP contribution >= 0.6 is 0 Å². The maximum absolute atomic E-state index is 13.5. The minimum Gasteiger partial charge on any atom is -0.468 e. The van der Waals surface area contributed by atoms with E-state index in [1.165, 1.54) is 11.8 Å². The third kappa shape index (κ3) is 6.47. The van der Waals surface area contributed by atoms with Gasteiger partial charge in [-0.2, -0.15) is 0 Å². The number of nitrogens with two attached hydrogens (primary N) is 1. The van der Waals surface area contributed by atoms with Crippen molar-refractivity contribution in [3.05, 3.63) is 71.3 Å². The van der Waals surface area contributed by atoms with Crippen LogP contribution in [0.4, 0.5) is 4.79 Å². The Morgan fingerprint density at radius 3 is 2.11 bits per heavy atom. The van der Waals surface area contributed by atoms with Crippen molar-refractivity contribution in [1.82, 2.24) is 10.2 Å². The average molecular weight is 526 g/mol. The first-order valence-corrected chi connectivity index (χ1v) is 12.0. The van der Waals surface area contributed by atoms with Crippen LogP contribution in [0.1, 0.15) is 23.6 Å². The molecular formula is C27H31N3O8. The van der Waals surface area contributed by atoms with E-state index >= 15 is 0 Å². The number of esters is 2. The second kappa shape index (κ2) is 12.7. The fourth-order valence-electron chi connectivity index (χ4n) is 4.43. The fourth-order valence-corrected chi connectivity index (χ4v) is 4.43. The molecule has 0 saturated carbocycles. The van der Waals surface area contributed by atoms with Gasteiger partial charge in [0.25, 0.3) is 0 Å². The third-order valence-electron chi connectivity index (χ3n) is 6.56. The maximum Gasteiger partial charge on any atom is 0.411 e. The number of rotatable bonds is 9. The minimum absolute atomic E-state index is 0.00699. The van der Waals surface area contributed by atoms with Crippen LogP contribution in [0.15, 0.2) is 54.6 Å². The van der Waals surface area contributed by atoms with Crippen LogP contribution in [0, 0.1) is 11.8 Å². The molecule has 1 aliphatic heterocycles. The number of fused-ring (bicyclic) bond motifs is 1. The van der Waals surface area contributed by atoms with Crippen LogP contribution in [0.2, 0.25) is 0 Å². The van der Waals surface area contributed by atoms with Crippen LogP contribution in [0.3, 0.4) is 0 Å². The van der Waals surface area contributed by atoms with Crippen LogP contribution in [-0.4, -0.2) is 61.0 Å². The summed E-state index contributed by atoms with van der Waals surface area (Å²) in [7, 11) is 2.17. The molecule has 38 heavy (non-hydrogen) atoms. The number of ether oxygens (including phenoxy) is 3. The number of hydrogen-bond donors (Lipinski definition) is 2. The Kier molecular flexibility index (Phi) is 9.42. The maximum atomic E-state index is 13.5. The number of nitrogens with one attached hydrogen (secondary N) is 1. The van der Waals surface area contributed by atoms with E-state index in [-0.39, 0.29) is 19.6 Å². The molecule has 0 radical (unpaired) electrons. The number of carbonyl (C=O) groups is 5. The van der Waals surface area contributed by atoms with Gasteiger partial charge in [0.1, 0.15) is 18.7 Å². The zero-order valence-electron chi connectivity index (χ0n) is 21.4. The molecule has 0 spiro atoms. The lowest BCUT2D eigenvalue weighted by Crippen LogP contribution is -2.59. The summed E-state index contributed by atoms with van der Waals surface area (Å²) in [5.41, 5.74) is 8.04. The number of nitrogens with zero attached hydrogens (tertiary/aromatic N) is 1. The van der Waals surface area contributed by atoms with Gasteiger partial charge in [0.15, 0.2) is 5.92 Å². The van der Waals surface area contributed by atoms with Crippen molar-refractivity contribution in [2.45, 2.75) is 38.6 Å². The lowest BCUT2D eigenvalue weighted by molar-refractivity contribution is -0.162. The number of methoxy groups -OCH3 is 2. The highest BCUT2D eigenvalue weighted by atomic mass is 16.6. The standard InChI is InChI=1S/C27H31N3O8/c1-16(21(25(33)36-2)26(34)37-3)22(23(28)31)29-24(32)20-13-18-11-7-8-12-19(18)14-30(20)27(35)38-15-17-9-5-4-6-10-17/h4-12,16,20-22H,13-15H2,1-3H3,(H2,28,31)(H,29,32)/t16-,20-,22+/m0/s1. The number of hydrogen-bond acceptors (Lipinski definition) is 8.